The molecule has 1 saturated heterocycles. The molecule has 6 heteroatoms. The van der Waals surface area contributed by atoms with Gasteiger partial charge in [0.15, 0.2) is 0 Å². The number of hydrogen-bond acceptors (Lipinski definition) is 3. The zero-order valence-electron chi connectivity index (χ0n) is 12.8. The van der Waals surface area contributed by atoms with Crippen LogP contribution in [0, 0.1) is 0 Å². The normalized spacial score (nSPS) is 19.9. The second-order valence-corrected chi connectivity index (χ2v) is 6.14. The van der Waals surface area contributed by atoms with Crippen LogP contribution in [0.1, 0.15) is 31.4 Å². The van der Waals surface area contributed by atoms with Gasteiger partial charge in [0.2, 0.25) is 5.91 Å². The third-order valence-corrected chi connectivity index (χ3v) is 4.57. The minimum Gasteiger partial charge on any atom is -0.480 e. The number of likely N-dealkylation sites (tertiary alicyclic amines) is 1. The van der Waals surface area contributed by atoms with E-state index in [0.717, 1.165) is 12.0 Å². The van der Waals surface area contributed by atoms with Crippen LogP contribution < -0.4 is 0 Å². The summed E-state index contributed by atoms with van der Waals surface area (Å²) in [5.41, 5.74) is 0.997. The van der Waals surface area contributed by atoms with Gasteiger partial charge in [-0.15, -0.1) is 0 Å². The lowest BCUT2D eigenvalue weighted by Gasteiger charge is -2.28. The van der Waals surface area contributed by atoms with Crippen LogP contribution in [-0.4, -0.2) is 53.0 Å². The summed E-state index contributed by atoms with van der Waals surface area (Å²) in [6, 6.07) is 6.76. The predicted molar refractivity (Wildman–Crippen MR) is 84.9 cm³/mol. The molecule has 1 heterocycles. The molecule has 120 valence electrons. The summed E-state index contributed by atoms with van der Waals surface area (Å²) in [6.07, 6.45) is 1.43. The first-order chi connectivity index (χ1) is 10.4. The van der Waals surface area contributed by atoms with E-state index in [9.17, 15) is 9.59 Å². The van der Waals surface area contributed by atoms with Gasteiger partial charge in [-0.2, -0.15) is 0 Å². The molecule has 0 bridgehead atoms. The summed E-state index contributed by atoms with van der Waals surface area (Å²) in [5.74, 6) is -0.922. The highest BCUT2D eigenvalue weighted by atomic mass is 35.5. The van der Waals surface area contributed by atoms with E-state index in [0.29, 0.717) is 18.0 Å². The molecule has 1 aromatic rings. The number of benzene rings is 1. The zero-order valence-corrected chi connectivity index (χ0v) is 13.6. The Kier molecular flexibility index (Phi) is 5.42. The van der Waals surface area contributed by atoms with Crippen molar-refractivity contribution in [3.63, 3.8) is 0 Å². The molecule has 2 atom stereocenters. The van der Waals surface area contributed by atoms with Crippen molar-refractivity contribution in [2.45, 2.75) is 31.8 Å². The average molecular weight is 325 g/mol. The second-order valence-electron chi connectivity index (χ2n) is 5.70. The van der Waals surface area contributed by atoms with Crippen LogP contribution in [0.25, 0.3) is 0 Å². The van der Waals surface area contributed by atoms with Crippen LogP contribution in [0.15, 0.2) is 24.3 Å². The fraction of sp³-hybridized carbons (Fsp3) is 0.500. The minimum atomic E-state index is -0.848. The van der Waals surface area contributed by atoms with Gasteiger partial charge in [-0.3, -0.25) is 14.5 Å². The van der Waals surface area contributed by atoms with Crippen LogP contribution in [0.5, 0.6) is 0 Å². The summed E-state index contributed by atoms with van der Waals surface area (Å²) >= 11 is 5.87. The Bertz CT molecular complexity index is 547. The summed E-state index contributed by atoms with van der Waals surface area (Å²) in [4.78, 5) is 27.0. The van der Waals surface area contributed by atoms with Gasteiger partial charge in [-0.05, 0) is 44.0 Å². The fourth-order valence-electron chi connectivity index (χ4n) is 2.76. The molecule has 1 N–H and O–H groups in total. The quantitative estimate of drug-likeness (QED) is 0.903. The van der Waals surface area contributed by atoms with E-state index in [2.05, 4.69) is 0 Å². The first-order valence-electron chi connectivity index (χ1n) is 7.38. The lowest BCUT2D eigenvalue weighted by Crippen LogP contribution is -2.44. The number of halogens is 1. The van der Waals surface area contributed by atoms with Gasteiger partial charge in [-0.25, -0.2) is 0 Å². The topological polar surface area (TPSA) is 60.9 Å². The molecule has 5 nitrogen and oxygen atoms in total. The molecule has 0 saturated carbocycles. The van der Waals surface area contributed by atoms with Crippen molar-refractivity contribution in [1.82, 2.24) is 9.80 Å². The molecule has 2 rings (SSSR count). The summed E-state index contributed by atoms with van der Waals surface area (Å²) in [7, 11) is 1.74. The number of rotatable bonds is 5. The Morgan fingerprint density at radius 3 is 2.64 bits per heavy atom. The number of carboxylic acid groups (broad SMARTS) is 1. The van der Waals surface area contributed by atoms with Crippen molar-refractivity contribution < 1.29 is 14.7 Å². The highest BCUT2D eigenvalue weighted by molar-refractivity contribution is 6.30. The Morgan fingerprint density at radius 1 is 1.41 bits per heavy atom. The number of carbonyl (C=O) groups is 2. The number of nitrogens with zero attached hydrogens (tertiary/aromatic N) is 2. The minimum absolute atomic E-state index is 0.0735. The molecule has 1 fully saturated rings. The van der Waals surface area contributed by atoms with E-state index in [1.165, 1.54) is 0 Å². The van der Waals surface area contributed by atoms with Gasteiger partial charge >= 0.3 is 5.97 Å². The lowest BCUT2D eigenvalue weighted by molar-refractivity contribution is -0.143. The molecule has 2 unspecified atom stereocenters. The highest BCUT2D eigenvalue weighted by Crippen LogP contribution is 2.22. The number of carboxylic acids is 1. The van der Waals surface area contributed by atoms with E-state index >= 15 is 0 Å². The van der Waals surface area contributed by atoms with E-state index in [1.807, 2.05) is 19.1 Å². The van der Waals surface area contributed by atoms with Crippen molar-refractivity contribution in [3.05, 3.63) is 34.9 Å². The first-order valence-corrected chi connectivity index (χ1v) is 7.76. The molecule has 1 aromatic carbocycles. The highest BCUT2D eigenvalue weighted by Gasteiger charge is 2.32. The van der Waals surface area contributed by atoms with Crippen LogP contribution in [0.2, 0.25) is 5.02 Å². The van der Waals surface area contributed by atoms with Crippen molar-refractivity contribution in [3.8, 4) is 0 Å². The van der Waals surface area contributed by atoms with E-state index in [4.69, 9.17) is 16.7 Å². The largest absolute Gasteiger partial charge is 0.480 e. The summed E-state index contributed by atoms with van der Waals surface area (Å²) in [5, 5.41) is 9.83. The maximum Gasteiger partial charge on any atom is 0.320 e. The van der Waals surface area contributed by atoms with Crippen LogP contribution in [0.4, 0.5) is 0 Å². The smallest absolute Gasteiger partial charge is 0.320 e. The summed E-state index contributed by atoms with van der Waals surface area (Å²) < 4.78 is 0. The number of aliphatic carboxylic acids is 1. The van der Waals surface area contributed by atoms with E-state index in [-0.39, 0.29) is 18.5 Å². The van der Waals surface area contributed by atoms with Gasteiger partial charge in [0.05, 0.1) is 12.6 Å². The fourth-order valence-corrected chi connectivity index (χ4v) is 2.89. The number of amides is 1. The average Bonchev–Trinajstić information content (AvgIpc) is 2.94. The molecule has 1 amide bonds. The maximum absolute atomic E-state index is 12.4. The van der Waals surface area contributed by atoms with Crippen molar-refractivity contribution >= 4 is 23.5 Å². The molecule has 0 radical (unpaired) electrons. The predicted octanol–water partition coefficient (Wildman–Crippen LogP) is 2.41. The number of carbonyl (C=O) groups excluding carboxylic acids is 1. The lowest BCUT2D eigenvalue weighted by atomic mass is 10.1. The third kappa shape index (κ3) is 3.78. The van der Waals surface area contributed by atoms with Gasteiger partial charge in [0, 0.05) is 12.1 Å². The number of likely N-dealkylation sites (N-methyl/N-ethyl adjacent to an activating group) is 1. The first kappa shape index (κ1) is 16.8. The molecule has 0 aromatic heterocycles. The van der Waals surface area contributed by atoms with Gasteiger partial charge in [0.1, 0.15) is 6.04 Å². The molecular weight excluding hydrogens is 304 g/mol. The van der Waals surface area contributed by atoms with Crippen molar-refractivity contribution in [2.24, 2.45) is 0 Å². The molecule has 22 heavy (non-hydrogen) atoms. The standard InChI is InChI=1S/C16H21ClN2O3/c1-11(12-5-7-13(17)8-6-12)18(2)15(20)10-19-9-3-4-14(19)16(21)22/h5-8,11,14H,3-4,9-10H2,1-2H3,(H,21,22). The number of hydrogen-bond donors (Lipinski definition) is 1. The third-order valence-electron chi connectivity index (χ3n) is 4.31. The SMILES string of the molecule is CC(c1ccc(Cl)cc1)N(C)C(=O)CN1CCCC1C(=O)O. The van der Waals surface area contributed by atoms with Gasteiger partial charge < -0.3 is 10.0 Å². The van der Waals surface area contributed by atoms with Crippen LogP contribution in [0.3, 0.4) is 0 Å². The Balaban J connectivity index is 1.99. The molecule has 1 aliphatic heterocycles. The zero-order chi connectivity index (χ0) is 16.3. The monoisotopic (exact) mass is 324 g/mol. The summed E-state index contributed by atoms with van der Waals surface area (Å²) in [6.45, 7) is 2.75. The van der Waals surface area contributed by atoms with E-state index in [1.54, 1.807) is 29.0 Å². The Morgan fingerprint density at radius 2 is 2.05 bits per heavy atom. The maximum atomic E-state index is 12.4. The molecule has 0 spiro atoms. The second kappa shape index (κ2) is 7.11. The molecular formula is C16H21ClN2O3. The van der Waals surface area contributed by atoms with Crippen LogP contribution >= 0.6 is 11.6 Å². The molecule has 0 aliphatic carbocycles. The van der Waals surface area contributed by atoms with Crippen LogP contribution in [-0.2, 0) is 9.59 Å². The molecule has 1 aliphatic rings. The Hall–Kier alpha value is -1.59. The van der Waals surface area contributed by atoms with Crippen molar-refractivity contribution in [1.29, 1.82) is 0 Å². The Labute approximate surface area is 135 Å². The van der Waals surface area contributed by atoms with Crippen molar-refractivity contribution in [2.75, 3.05) is 20.1 Å². The van der Waals surface area contributed by atoms with E-state index < -0.39 is 12.0 Å². The van der Waals surface area contributed by atoms with Gasteiger partial charge in [0.25, 0.3) is 0 Å². The van der Waals surface area contributed by atoms with Gasteiger partial charge in [-0.1, -0.05) is 23.7 Å².